The number of ether oxygens (including phenoxy) is 3. The summed E-state index contributed by atoms with van der Waals surface area (Å²) in [7, 11) is -9.51. The number of fused-ring (bicyclic) bond motifs is 1. The Bertz CT molecular complexity index is 1700. The highest BCUT2D eigenvalue weighted by Gasteiger charge is 2.48. The molecule has 1 fully saturated rings. The molecule has 1 aliphatic heterocycles. The van der Waals surface area contributed by atoms with Crippen LogP contribution in [0.5, 0.6) is 0 Å². The monoisotopic (exact) mass is 591 g/mol. The van der Waals surface area contributed by atoms with E-state index in [-0.39, 0.29) is 31.3 Å². The minimum absolute atomic E-state index is 0.0251. The number of hydrogen-bond acceptors (Lipinski definition) is 11. The van der Waals surface area contributed by atoms with E-state index in [9.17, 15) is 16.8 Å². The number of hydrogen-bond donors (Lipinski definition) is 1. The third-order valence-electron chi connectivity index (χ3n) is 6.24. The minimum Gasteiger partial charge on any atom is -0.374 e. The van der Waals surface area contributed by atoms with Crippen molar-refractivity contribution in [1.82, 2.24) is 19.4 Å². The first-order chi connectivity index (χ1) is 19.0. The van der Waals surface area contributed by atoms with Crippen LogP contribution in [0, 0.1) is 0 Å². The third kappa shape index (κ3) is 5.69. The molecule has 40 heavy (non-hydrogen) atoms. The Morgan fingerprint density at radius 1 is 0.950 bits per heavy atom. The van der Waals surface area contributed by atoms with Gasteiger partial charge in [0.15, 0.2) is 6.17 Å². The fourth-order valence-corrected chi connectivity index (χ4v) is 5.91. The maximum absolute atomic E-state index is 15.9. The van der Waals surface area contributed by atoms with E-state index in [0.717, 1.165) is 15.5 Å². The van der Waals surface area contributed by atoms with Gasteiger partial charge in [0.1, 0.15) is 18.3 Å². The maximum Gasteiger partial charge on any atom is 0.317 e. The first kappa shape index (κ1) is 28.0. The highest BCUT2D eigenvalue weighted by Crippen LogP contribution is 2.38. The molecule has 3 heterocycles. The Kier molecular flexibility index (Phi) is 7.83. The summed E-state index contributed by atoms with van der Waals surface area (Å²) >= 11 is 0. The van der Waals surface area contributed by atoms with Gasteiger partial charge in [-0.25, -0.2) is 26.2 Å². The van der Waals surface area contributed by atoms with Crippen molar-refractivity contribution in [1.29, 1.82) is 0 Å². The normalized spacial score (nSPS) is 21.6. The van der Waals surface area contributed by atoms with Gasteiger partial charge in [0.05, 0.1) is 31.8 Å². The summed E-state index contributed by atoms with van der Waals surface area (Å²) in [5.74, 6) is -0.690. The molecule has 0 amide bonds. The second-order valence-electron chi connectivity index (χ2n) is 9.16. The average Bonchev–Trinajstić information content (AvgIpc) is 3.49. The van der Waals surface area contributed by atoms with Gasteiger partial charge in [-0.1, -0.05) is 60.7 Å². The molecule has 5 rings (SSSR count). The topological polar surface area (TPSA) is 165 Å². The molecule has 0 bridgehead atoms. The number of benzene rings is 2. The SMILES string of the molecule is CS(=O)(=O)S(=O)(=O)c1nc(N)n2cc([C@@H]3O[C@H](COCc4ccccc4)[C@@H](OCc4ccccc4)[C@H]3F)nc2n1. The number of halogens is 1. The molecule has 0 saturated carbocycles. The van der Waals surface area contributed by atoms with Gasteiger partial charge in [-0.3, -0.25) is 4.40 Å². The summed E-state index contributed by atoms with van der Waals surface area (Å²) in [5.41, 5.74) is 7.69. The molecule has 0 unspecified atom stereocenters. The zero-order valence-corrected chi connectivity index (χ0v) is 22.8. The second kappa shape index (κ2) is 11.2. The van der Waals surface area contributed by atoms with Crippen LogP contribution < -0.4 is 5.73 Å². The van der Waals surface area contributed by atoms with Crippen LogP contribution in [-0.4, -0.2) is 67.4 Å². The van der Waals surface area contributed by atoms with Gasteiger partial charge in [0.2, 0.25) is 11.7 Å². The number of nitrogens with zero attached hydrogens (tertiary/aromatic N) is 4. The molecule has 1 saturated heterocycles. The Balaban J connectivity index is 1.40. The molecule has 4 aromatic rings. The van der Waals surface area contributed by atoms with Gasteiger partial charge in [-0.2, -0.15) is 9.97 Å². The number of anilines is 1. The smallest absolute Gasteiger partial charge is 0.317 e. The van der Waals surface area contributed by atoms with Crippen molar-refractivity contribution in [2.75, 3.05) is 18.6 Å². The van der Waals surface area contributed by atoms with E-state index < -0.39 is 53.3 Å². The molecular weight excluding hydrogens is 565 g/mol. The molecule has 15 heteroatoms. The van der Waals surface area contributed by atoms with Crippen LogP contribution in [0.1, 0.15) is 22.9 Å². The van der Waals surface area contributed by atoms with E-state index >= 15 is 4.39 Å². The molecule has 1 aliphatic rings. The molecule has 2 aromatic heterocycles. The number of nitrogens with two attached hydrogens (primary N) is 1. The van der Waals surface area contributed by atoms with Gasteiger partial charge in [0.25, 0.3) is 14.0 Å². The number of aromatic nitrogens is 4. The van der Waals surface area contributed by atoms with Crippen molar-refractivity contribution in [2.45, 2.75) is 42.9 Å². The lowest BCUT2D eigenvalue weighted by atomic mass is 10.1. The predicted octanol–water partition coefficient (Wildman–Crippen LogP) is 2.02. The summed E-state index contributed by atoms with van der Waals surface area (Å²) in [4.78, 5) is 11.5. The molecule has 2 aromatic carbocycles. The lowest BCUT2D eigenvalue weighted by Gasteiger charge is -2.20. The van der Waals surface area contributed by atoms with E-state index in [2.05, 4.69) is 15.0 Å². The largest absolute Gasteiger partial charge is 0.374 e. The van der Waals surface area contributed by atoms with Crippen LogP contribution in [0.25, 0.3) is 5.78 Å². The summed E-state index contributed by atoms with van der Waals surface area (Å²) < 4.78 is 82.9. The van der Waals surface area contributed by atoms with Crippen molar-refractivity contribution in [2.24, 2.45) is 0 Å². The Morgan fingerprint density at radius 2 is 1.57 bits per heavy atom. The van der Waals surface area contributed by atoms with Crippen LogP contribution >= 0.6 is 0 Å². The van der Waals surface area contributed by atoms with Crippen LogP contribution in [0.4, 0.5) is 10.3 Å². The molecule has 12 nitrogen and oxygen atoms in total. The van der Waals surface area contributed by atoms with Gasteiger partial charge < -0.3 is 19.9 Å². The fraction of sp³-hybridized carbons (Fsp3) is 0.320. The van der Waals surface area contributed by atoms with Crippen molar-refractivity contribution in [3.63, 3.8) is 0 Å². The minimum atomic E-state index is -4.92. The zero-order valence-electron chi connectivity index (χ0n) is 21.2. The van der Waals surface area contributed by atoms with Gasteiger partial charge >= 0.3 is 8.87 Å². The van der Waals surface area contributed by atoms with Gasteiger partial charge in [-0.15, -0.1) is 0 Å². The average molecular weight is 592 g/mol. The molecule has 4 atom stereocenters. The maximum atomic E-state index is 15.9. The van der Waals surface area contributed by atoms with E-state index in [1.807, 2.05) is 60.7 Å². The molecule has 0 spiro atoms. The van der Waals surface area contributed by atoms with Crippen molar-refractivity contribution < 1.29 is 35.4 Å². The highest BCUT2D eigenvalue weighted by atomic mass is 33.2. The van der Waals surface area contributed by atoms with Gasteiger partial charge in [0, 0.05) is 6.20 Å². The molecular formula is C25H26FN5O7S2. The van der Waals surface area contributed by atoms with Crippen molar-refractivity contribution >= 4 is 29.5 Å². The Hall–Kier alpha value is -3.50. The molecule has 212 valence electrons. The van der Waals surface area contributed by atoms with E-state index in [1.165, 1.54) is 6.20 Å². The Labute approximate surface area is 229 Å². The Morgan fingerprint density at radius 3 is 2.20 bits per heavy atom. The van der Waals surface area contributed by atoms with Crippen LogP contribution in [0.2, 0.25) is 0 Å². The number of imidazole rings is 1. The lowest BCUT2D eigenvalue weighted by molar-refractivity contribution is -0.0740. The lowest BCUT2D eigenvalue weighted by Crippen LogP contribution is -2.34. The third-order valence-corrected chi connectivity index (χ3v) is 10.5. The van der Waals surface area contributed by atoms with Crippen LogP contribution in [0.3, 0.4) is 0 Å². The molecule has 0 radical (unpaired) electrons. The molecule has 0 aliphatic carbocycles. The standard InChI is InChI=1S/C25H26FN5O7S2/c1-39(32,33)40(34,35)25-29-23(27)31-12-18(28-24(31)30-25)21-20(26)22(37-14-17-10-6-3-7-11-17)19(38-21)15-36-13-16-8-4-2-5-9-16/h2-12,19-22H,13-15H2,1H3,(H2,27,28,29,30)/t19-,20+,21+,22-/m1/s1. The second-order valence-corrected chi connectivity index (χ2v) is 15.0. The quantitative estimate of drug-likeness (QED) is 0.268. The first-order valence-corrected chi connectivity index (χ1v) is 16.0. The van der Waals surface area contributed by atoms with Crippen LogP contribution in [-0.2, 0) is 45.2 Å². The van der Waals surface area contributed by atoms with E-state index in [4.69, 9.17) is 19.9 Å². The predicted molar refractivity (Wildman–Crippen MR) is 141 cm³/mol. The summed E-state index contributed by atoms with van der Waals surface area (Å²) in [6.07, 6.45) is -2.93. The number of rotatable bonds is 10. The number of alkyl halides is 1. The van der Waals surface area contributed by atoms with Crippen molar-refractivity contribution in [3.05, 3.63) is 83.7 Å². The summed E-state index contributed by atoms with van der Waals surface area (Å²) in [6, 6.07) is 18.7. The summed E-state index contributed by atoms with van der Waals surface area (Å²) in [6.45, 7) is 0.441. The van der Waals surface area contributed by atoms with Gasteiger partial charge in [-0.05, 0) is 11.1 Å². The highest BCUT2D eigenvalue weighted by molar-refractivity contribution is 8.66. The van der Waals surface area contributed by atoms with E-state index in [0.29, 0.717) is 6.26 Å². The van der Waals surface area contributed by atoms with E-state index in [1.54, 1.807) is 0 Å². The summed E-state index contributed by atoms with van der Waals surface area (Å²) in [5, 5.41) is -1.03. The van der Waals surface area contributed by atoms with Crippen LogP contribution in [0.15, 0.2) is 72.0 Å². The number of nitrogen functional groups attached to an aromatic ring is 1. The first-order valence-electron chi connectivity index (χ1n) is 12.1. The zero-order chi connectivity index (χ0) is 28.5. The van der Waals surface area contributed by atoms with Crippen molar-refractivity contribution in [3.8, 4) is 0 Å². The molecule has 2 N–H and O–H groups in total. The fourth-order valence-electron chi connectivity index (χ4n) is 4.20.